The second kappa shape index (κ2) is 7.19. The van der Waals surface area contributed by atoms with Crippen LogP contribution in [-0.2, 0) is 6.42 Å². The van der Waals surface area contributed by atoms with Gasteiger partial charge in [0.2, 0.25) is 0 Å². The van der Waals surface area contributed by atoms with E-state index >= 15 is 0 Å². The number of benzene rings is 2. The lowest BCUT2D eigenvalue weighted by atomic mass is 10.1. The molecule has 1 atom stereocenters. The molecule has 2 aromatic rings. The lowest BCUT2D eigenvalue weighted by molar-refractivity contribution is 0.475. The monoisotopic (exact) mass is 367 g/mol. The fourth-order valence-electron chi connectivity index (χ4n) is 2.14. The molecular formula is C17H19BrClNO. The SMILES string of the molecule is Cc1cc(Br)c(NC(C)CCc2ccc(O)cc2)cc1Cl. The van der Waals surface area contributed by atoms with E-state index in [9.17, 15) is 5.11 Å². The molecule has 0 aliphatic heterocycles. The Balaban J connectivity index is 1.94. The topological polar surface area (TPSA) is 32.3 Å². The number of hydrogen-bond donors (Lipinski definition) is 2. The average molecular weight is 369 g/mol. The van der Waals surface area contributed by atoms with Crippen molar-refractivity contribution in [1.82, 2.24) is 0 Å². The van der Waals surface area contributed by atoms with E-state index in [-0.39, 0.29) is 0 Å². The zero-order chi connectivity index (χ0) is 15.4. The molecule has 112 valence electrons. The van der Waals surface area contributed by atoms with Gasteiger partial charge in [-0.15, -0.1) is 0 Å². The predicted molar refractivity (Wildman–Crippen MR) is 93.4 cm³/mol. The van der Waals surface area contributed by atoms with Gasteiger partial charge >= 0.3 is 0 Å². The molecule has 2 rings (SSSR count). The van der Waals surface area contributed by atoms with Gasteiger partial charge < -0.3 is 10.4 Å². The third kappa shape index (κ3) is 4.65. The van der Waals surface area contributed by atoms with Crippen molar-refractivity contribution in [3.8, 4) is 5.75 Å². The number of phenolic OH excluding ortho intramolecular Hbond substituents is 1. The molecule has 0 saturated heterocycles. The van der Waals surface area contributed by atoms with Crippen molar-refractivity contribution in [3.05, 3.63) is 57.0 Å². The Morgan fingerprint density at radius 1 is 1.24 bits per heavy atom. The first-order valence-corrected chi connectivity index (χ1v) is 8.13. The van der Waals surface area contributed by atoms with E-state index in [0.717, 1.165) is 33.6 Å². The molecule has 4 heteroatoms. The van der Waals surface area contributed by atoms with Crippen LogP contribution in [0, 0.1) is 6.92 Å². The third-order valence-electron chi connectivity index (χ3n) is 3.45. The minimum atomic E-state index is 0.308. The second-order valence-corrected chi connectivity index (χ2v) is 6.59. The van der Waals surface area contributed by atoms with Gasteiger partial charge in [-0.05, 0) is 78.0 Å². The summed E-state index contributed by atoms with van der Waals surface area (Å²) in [6.45, 7) is 4.14. The summed E-state index contributed by atoms with van der Waals surface area (Å²) in [5.74, 6) is 0.308. The first kappa shape index (κ1) is 16.2. The molecule has 2 aromatic carbocycles. The van der Waals surface area contributed by atoms with E-state index in [1.54, 1.807) is 12.1 Å². The summed E-state index contributed by atoms with van der Waals surface area (Å²) in [6.07, 6.45) is 1.97. The van der Waals surface area contributed by atoms with Gasteiger partial charge in [0.25, 0.3) is 0 Å². The molecule has 2 nitrogen and oxygen atoms in total. The van der Waals surface area contributed by atoms with E-state index in [1.165, 1.54) is 5.56 Å². The summed E-state index contributed by atoms with van der Waals surface area (Å²) >= 11 is 9.74. The molecule has 0 bridgehead atoms. The maximum Gasteiger partial charge on any atom is 0.115 e. The van der Waals surface area contributed by atoms with Gasteiger partial charge in [-0.2, -0.15) is 0 Å². The number of halogens is 2. The molecule has 0 radical (unpaired) electrons. The molecule has 0 aliphatic rings. The largest absolute Gasteiger partial charge is 0.508 e. The summed E-state index contributed by atoms with van der Waals surface area (Å²) in [4.78, 5) is 0. The molecular weight excluding hydrogens is 350 g/mol. The maximum atomic E-state index is 9.28. The second-order valence-electron chi connectivity index (χ2n) is 5.33. The minimum absolute atomic E-state index is 0.308. The van der Waals surface area contributed by atoms with Crippen molar-refractivity contribution < 1.29 is 5.11 Å². The van der Waals surface area contributed by atoms with Crippen LogP contribution in [0.3, 0.4) is 0 Å². The number of anilines is 1. The van der Waals surface area contributed by atoms with Crippen LogP contribution in [0.5, 0.6) is 5.75 Å². The first-order valence-electron chi connectivity index (χ1n) is 6.96. The number of nitrogens with one attached hydrogen (secondary N) is 1. The van der Waals surface area contributed by atoms with Gasteiger partial charge in [0, 0.05) is 15.5 Å². The van der Waals surface area contributed by atoms with Gasteiger partial charge in [0.1, 0.15) is 5.75 Å². The van der Waals surface area contributed by atoms with Crippen molar-refractivity contribution in [2.24, 2.45) is 0 Å². The summed E-state index contributed by atoms with van der Waals surface area (Å²) in [5.41, 5.74) is 3.30. The normalized spacial score (nSPS) is 12.2. The fraction of sp³-hybridized carbons (Fsp3) is 0.294. The Kier molecular flexibility index (Phi) is 5.54. The van der Waals surface area contributed by atoms with Crippen LogP contribution in [-0.4, -0.2) is 11.1 Å². The van der Waals surface area contributed by atoms with Crippen LogP contribution in [0.15, 0.2) is 40.9 Å². The van der Waals surface area contributed by atoms with Crippen molar-refractivity contribution in [2.75, 3.05) is 5.32 Å². The highest BCUT2D eigenvalue weighted by molar-refractivity contribution is 9.10. The molecule has 0 heterocycles. The fourth-order valence-corrected chi connectivity index (χ4v) is 2.88. The van der Waals surface area contributed by atoms with E-state index in [0.29, 0.717) is 11.8 Å². The van der Waals surface area contributed by atoms with Gasteiger partial charge in [-0.3, -0.25) is 0 Å². The Morgan fingerprint density at radius 2 is 1.90 bits per heavy atom. The standard InChI is InChI=1S/C17H19BrClNO/c1-11-9-15(18)17(10-16(11)19)20-12(2)3-4-13-5-7-14(21)8-6-13/h5-10,12,20-21H,3-4H2,1-2H3. The molecule has 0 aromatic heterocycles. The number of hydrogen-bond acceptors (Lipinski definition) is 2. The van der Waals surface area contributed by atoms with Gasteiger partial charge in [0.05, 0.1) is 5.69 Å². The van der Waals surface area contributed by atoms with Gasteiger partial charge in [0.15, 0.2) is 0 Å². The van der Waals surface area contributed by atoms with E-state index in [4.69, 9.17) is 11.6 Å². The highest BCUT2D eigenvalue weighted by Gasteiger charge is 2.08. The predicted octanol–water partition coefficient (Wildman–Crippen LogP) is 5.55. The van der Waals surface area contributed by atoms with Crippen molar-refractivity contribution in [1.29, 1.82) is 0 Å². The molecule has 0 spiro atoms. The van der Waals surface area contributed by atoms with Crippen molar-refractivity contribution in [2.45, 2.75) is 32.7 Å². The average Bonchev–Trinajstić information content (AvgIpc) is 2.44. The summed E-state index contributed by atoms with van der Waals surface area (Å²) < 4.78 is 1.03. The molecule has 0 saturated carbocycles. The third-order valence-corrected chi connectivity index (χ3v) is 4.52. The Bertz CT molecular complexity index is 613. The van der Waals surface area contributed by atoms with Gasteiger partial charge in [-0.25, -0.2) is 0 Å². The molecule has 0 fully saturated rings. The first-order chi connectivity index (χ1) is 9.95. The zero-order valence-electron chi connectivity index (χ0n) is 12.2. The van der Waals surface area contributed by atoms with Crippen LogP contribution < -0.4 is 5.32 Å². The number of aromatic hydroxyl groups is 1. The molecule has 0 amide bonds. The Hall–Kier alpha value is -1.19. The van der Waals surface area contributed by atoms with Crippen LogP contribution in [0.4, 0.5) is 5.69 Å². The van der Waals surface area contributed by atoms with Crippen molar-refractivity contribution in [3.63, 3.8) is 0 Å². The van der Waals surface area contributed by atoms with Crippen LogP contribution in [0.1, 0.15) is 24.5 Å². The summed E-state index contributed by atoms with van der Waals surface area (Å²) in [5, 5.41) is 13.5. The molecule has 21 heavy (non-hydrogen) atoms. The lowest BCUT2D eigenvalue weighted by Crippen LogP contribution is -2.16. The number of phenols is 1. The van der Waals surface area contributed by atoms with E-state index < -0.39 is 0 Å². The number of aryl methyl sites for hydroxylation is 2. The van der Waals surface area contributed by atoms with Crippen LogP contribution >= 0.6 is 27.5 Å². The zero-order valence-corrected chi connectivity index (χ0v) is 14.5. The van der Waals surface area contributed by atoms with Crippen LogP contribution in [0.2, 0.25) is 5.02 Å². The highest BCUT2D eigenvalue weighted by Crippen LogP contribution is 2.30. The van der Waals surface area contributed by atoms with Crippen LogP contribution in [0.25, 0.3) is 0 Å². The smallest absolute Gasteiger partial charge is 0.115 e. The lowest BCUT2D eigenvalue weighted by Gasteiger charge is -2.17. The highest BCUT2D eigenvalue weighted by atomic mass is 79.9. The Labute approximate surface area is 139 Å². The Morgan fingerprint density at radius 3 is 2.57 bits per heavy atom. The summed E-state index contributed by atoms with van der Waals surface area (Å²) in [6, 6.07) is 11.7. The maximum absolute atomic E-state index is 9.28. The minimum Gasteiger partial charge on any atom is -0.508 e. The number of rotatable bonds is 5. The van der Waals surface area contributed by atoms with Gasteiger partial charge in [-0.1, -0.05) is 23.7 Å². The molecule has 1 unspecified atom stereocenters. The van der Waals surface area contributed by atoms with E-state index in [2.05, 4.69) is 28.2 Å². The summed E-state index contributed by atoms with van der Waals surface area (Å²) in [7, 11) is 0. The van der Waals surface area contributed by atoms with Crippen molar-refractivity contribution >= 4 is 33.2 Å². The molecule has 2 N–H and O–H groups in total. The quantitative estimate of drug-likeness (QED) is 0.725. The molecule has 0 aliphatic carbocycles. The van der Waals surface area contributed by atoms with E-state index in [1.807, 2.05) is 31.2 Å².